The van der Waals surface area contributed by atoms with Gasteiger partial charge in [-0.05, 0) is 40.2 Å². The molecule has 0 aromatic heterocycles. The molecule has 0 heterocycles. The van der Waals surface area contributed by atoms with Crippen LogP contribution in [0.4, 0.5) is 4.39 Å². The molecule has 0 aliphatic heterocycles. The predicted octanol–water partition coefficient (Wildman–Crippen LogP) is 3.50. The van der Waals surface area contributed by atoms with E-state index in [0.717, 1.165) is 32.4 Å². The first kappa shape index (κ1) is 18.1. The van der Waals surface area contributed by atoms with Crippen LogP contribution in [0.2, 0.25) is 0 Å². The third-order valence-corrected chi connectivity index (χ3v) is 3.10. The second-order valence-corrected chi connectivity index (χ2v) is 4.93. The number of hydrogen-bond donors (Lipinski definition) is 1. The van der Waals surface area contributed by atoms with Gasteiger partial charge in [-0.3, -0.25) is 4.90 Å². The van der Waals surface area contributed by atoms with Crippen LogP contribution in [0.15, 0.2) is 35.5 Å². The third kappa shape index (κ3) is 10.7. The maximum absolute atomic E-state index is 11.9. The van der Waals surface area contributed by atoms with Crippen molar-refractivity contribution in [2.24, 2.45) is 0 Å². The Morgan fingerprint density at radius 3 is 2.47 bits per heavy atom. The Bertz CT molecular complexity index is 308. The van der Waals surface area contributed by atoms with Gasteiger partial charge in [-0.1, -0.05) is 35.5 Å². The fourth-order valence-electron chi connectivity index (χ4n) is 1.81. The zero-order valence-electron chi connectivity index (χ0n) is 12.5. The van der Waals surface area contributed by atoms with Crippen LogP contribution in [-0.4, -0.2) is 43.4 Å². The molecule has 0 saturated heterocycles. The van der Waals surface area contributed by atoms with Gasteiger partial charge in [-0.25, -0.2) is 4.39 Å². The van der Waals surface area contributed by atoms with Gasteiger partial charge in [-0.15, -0.1) is 0 Å². The summed E-state index contributed by atoms with van der Waals surface area (Å²) in [6.07, 6.45) is 10.3. The quantitative estimate of drug-likeness (QED) is 0.485. The van der Waals surface area contributed by atoms with Gasteiger partial charge in [0.1, 0.15) is 6.67 Å². The second kappa shape index (κ2) is 12.1. The van der Waals surface area contributed by atoms with E-state index in [2.05, 4.69) is 25.8 Å². The summed E-state index contributed by atoms with van der Waals surface area (Å²) in [7, 11) is 2.07. The monoisotopic (exact) mass is 269 g/mol. The summed E-state index contributed by atoms with van der Waals surface area (Å²) in [5.41, 5.74) is 2.82. The zero-order valence-corrected chi connectivity index (χ0v) is 12.5. The number of aliphatic hydroxyl groups is 1. The van der Waals surface area contributed by atoms with E-state index in [1.165, 1.54) is 11.1 Å². The average Bonchev–Trinajstić information content (AvgIpc) is 2.38. The van der Waals surface area contributed by atoms with E-state index in [1.807, 2.05) is 12.2 Å². The van der Waals surface area contributed by atoms with Gasteiger partial charge in [-0.2, -0.15) is 0 Å². The topological polar surface area (TPSA) is 23.5 Å². The van der Waals surface area contributed by atoms with E-state index in [0.29, 0.717) is 0 Å². The van der Waals surface area contributed by atoms with Gasteiger partial charge in [0.25, 0.3) is 0 Å². The molecule has 0 amide bonds. The molecule has 110 valence electrons. The highest BCUT2D eigenvalue weighted by Gasteiger charge is 2.01. The maximum atomic E-state index is 11.9. The van der Waals surface area contributed by atoms with Crippen molar-refractivity contribution < 1.29 is 9.50 Å². The molecular formula is C16H28FNO. The molecule has 0 aliphatic carbocycles. The molecule has 0 fully saturated rings. The summed E-state index contributed by atoms with van der Waals surface area (Å²) >= 11 is 0. The Balaban J connectivity index is 3.99. The molecule has 0 saturated carbocycles. The summed E-state index contributed by atoms with van der Waals surface area (Å²) in [5, 5.41) is 8.66. The van der Waals surface area contributed by atoms with Crippen molar-refractivity contribution in [1.29, 1.82) is 0 Å². The van der Waals surface area contributed by atoms with Crippen molar-refractivity contribution in [3.63, 3.8) is 0 Å². The number of rotatable bonds is 10. The van der Waals surface area contributed by atoms with Gasteiger partial charge in [0.2, 0.25) is 0 Å². The van der Waals surface area contributed by atoms with Crippen LogP contribution >= 0.6 is 0 Å². The van der Waals surface area contributed by atoms with Crippen molar-refractivity contribution in [1.82, 2.24) is 4.90 Å². The summed E-state index contributed by atoms with van der Waals surface area (Å²) < 4.78 is 11.9. The molecule has 0 radical (unpaired) electrons. The van der Waals surface area contributed by atoms with E-state index in [-0.39, 0.29) is 13.3 Å². The highest BCUT2D eigenvalue weighted by atomic mass is 19.1. The Kier molecular flexibility index (Phi) is 11.5. The smallest absolute Gasteiger partial charge is 0.108 e. The van der Waals surface area contributed by atoms with Gasteiger partial charge in [0, 0.05) is 13.1 Å². The molecule has 19 heavy (non-hydrogen) atoms. The maximum Gasteiger partial charge on any atom is 0.108 e. The summed E-state index contributed by atoms with van der Waals surface area (Å²) in [4.78, 5) is 2.22. The lowest BCUT2D eigenvalue weighted by molar-refractivity contribution is 0.340. The molecule has 0 spiro atoms. The Morgan fingerprint density at radius 2 is 1.84 bits per heavy atom. The average molecular weight is 269 g/mol. The SMILES string of the molecule is C/C(CCC/C=C\CF)=C(/C)CN(C)C/C=C\CO. The van der Waals surface area contributed by atoms with Crippen molar-refractivity contribution in [2.75, 3.05) is 33.4 Å². The number of halogens is 1. The van der Waals surface area contributed by atoms with Crippen LogP contribution in [-0.2, 0) is 0 Å². The van der Waals surface area contributed by atoms with E-state index < -0.39 is 0 Å². The van der Waals surface area contributed by atoms with Crippen LogP contribution < -0.4 is 0 Å². The van der Waals surface area contributed by atoms with Gasteiger partial charge in [0.05, 0.1) is 6.61 Å². The minimum Gasteiger partial charge on any atom is -0.392 e. The Labute approximate surface area is 117 Å². The second-order valence-electron chi connectivity index (χ2n) is 4.93. The van der Waals surface area contributed by atoms with Crippen LogP contribution in [0.3, 0.4) is 0 Å². The van der Waals surface area contributed by atoms with Crippen molar-refractivity contribution >= 4 is 0 Å². The molecule has 0 unspecified atom stereocenters. The third-order valence-electron chi connectivity index (χ3n) is 3.10. The van der Waals surface area contributed by atoms with Crippen LogP contribution in [0.25, 0.3) is 0 Å². The number of unbranched alkanes of at least 4 members (excludes halogenated alkanes) is 1. The fraction of sp³-hybridized carbons (Fsp3) is 0.625. The molecule has 2 nitrogen and oxygen atoms in total. The number of likely N-dealkylation sites (N-methyl/N-ethyl adjacent to an activating group) is 1. The van der Waals surface area contributed by atoms with E-state index in [1.54, 1.807) is 12.2 Å². The van der Waals surface area contributed by atoms with Crippen molar-refractivity contribution in [3.8, 4) is 0 Å². The standard InChI is InChI=1S/C16H28FNO/c1-15(10-6-4-5-7-11-17)16(2)14-18(3)12-8-9-13-19/h5,7-9,19H,4,6,10-14H2,1-3H3/b7-5-,9-8-,16-15+. The first-order valence-electron chi connectivity index (χ1n) is 6.92. The van der Waals surface area contributed by atoms with E-state index in [9.17, 15) is 4.39 Å². The molecule has 0 aromatic carbocycles. The fourth-order valence-corrected chi connectivity index (χ4v) is 1.81. The van der Waals surface area contributed by atoms with E-state index in [4.69, 9.17) is 5.11 Å². The minimum absolute atomic E-state index is 0.105. The molecular weight excluding hydrogens is 241 g/mol. The lowest BCUT2D eigenvalue weighted by Crippen LogP contribution is -2.21. The lowest BCUT2D eigenvalue weighted by Gasteiger charge is -2.16. The summed E-state index contributed by atoms with van der Waals surface area (Å²) in [6.45, 7) is 5.88. The first-order valence-corrected chi connectivity index (χ1v) is 6.92. The number of alkyl halides is 1. The normalized spacial score (nSPS) is 13.8. The highest BCUT2D eigenvalue weighted by molar-refractivity contribution is 5.11. The molecule has 0 aliphatic rings. The molecule has 0 bridgehead atoms. The van der Waals surface area contributed by atoms with Gasteiger partial charge in [0.15, 0.2) is 0 Å². The number of hydrogen-bond acceptors (Lipinski definition) is 2. The number of aliphatic hydroxyl groups excluding tert-OH is 1. The molecule has 1 N–H and O–H groups in total. The molecule has 3 heteroatoms. The van der Waals surface area contributed by atoms with E-state index >= 15 is 0 Å². The van der Waals surface area contributed by atoms with Crippen LogP contribution in [0.5, 0.6) is 0 Å². The van der Waals surface area contributed by atoms with Crippen molar-refractivity contribution in [3.05, 3.63) is 35.5 Å². The van der Waals surface area contributed by atoms with Crippen LogP contribution in [0, 0.1) is 0 Å². The number of nitrogens with zero attached hydrogens (tertiary/aromatic N) is 1. The van der Waals surface area contributed by atoms with Crippen molar-refractivity contribution in [2.45, 2.75) is 33.1 Å². The van der Waals surface area contributed by atoms with Crippen LogP contribution in [0.1, 0.15) is 33.1 Å². The summed E-state index contributed by atoms with van der Waals surface area (Å²) in [6, 6.07) is 0. The molecule has 0 rings (SSSR count). The summed E-state index contributed by atoms with van der Waals surface area (Å²) in [5.74, 6) is 0. The number of allylic oxidation sites excluding steroid dienone is 3. The minimum atomic E-state index is -0.361. The largest absolute Gasteiger partial charge is 0.392 e. The first-order chi connectivity index (χ1) is 9.11. The zero-order chi connectivity index (χ0) is 14.5. The van der Waals surface area contributed by atoms with Gasteiger partial charge >= 0.3 is 0 Å². The Hall–Kier alpha value is -0.930. The molecule has 0 atom stereocenters. The molecule has 0 aromatic rings. The van der Waals surface area contributed by atoms with Gasteiger partial charge < -0.3 is 5.11 Å². The predicted molar refractivity (Wildman–Crippen MR) is 81.1 cm³/mol. The Morgan fingerprint density at radius 1 is 1.11 bits per heavy atom. The lowest BCUT2D eigenvalue weighted by atomic mass is 10.0. The highest BCUT2D eigenvalue weighted by Crippen LogP contribution is 2.13.